The molecular weight excluding hydrogens is 284 g/mol. The van der Waals surface area contributed by atoms with E-state index in [2.05, 4.69) is 4.98 Å². The lowest BCUT2D eigenvalue weighted by Crippen LogP contribution is -2.25. The van der Waals surface area contributed by atoms with Gasteiger partial charge in [-0.1, -0.05) is 0 Å². The summed E-state index contributed by atoms with van der Waals surface area (Å²) in [6, 6.07) is 1.18. The Balaban J connectivity index is 2.40. The number of aromatic nitrogens is 1. The van der Waals surface area contributed by atoms with Crippen LogP contribution < -0.4 is 0 Å². The van der Waals surface area contributed by atoms with Crippen molar-refractivity contribution in [3.05, 3.63) is 28.1 Å². The summed E-state index contributed by atoms with van der Waals surface area (Å²) in [5, 5.41) is 10.5. The van der Waals surface area contributed by atoms with Crippen molar-refractivity contribution >= 4 is 29.2 Å². The average Bonchev–Trinajstić information content (AvgIpc) is 2.75. The van der Waals surface area contributed by atoms with Crippen molar-refractivity contribution < 1.29 is 19.2 Å². The third-order valence-electron chi connectivity index (χ3n) is 2.05. The van der Waals surface area contributed by atoms with Crippen molar-refractivity contribution in [3.8, 4) is 0 Å². The van der Waals surface area contributed by atoms with Crippen LogP contribution in [0, 0.1) is 10.1 Å². The van der Waals surface area contributed by atoms with Crippen LogP contribution in [0.25, 0.3) is 0 Å². The number of carbonyl (C=O) groups excluding carboxylic acids is 2. The molecule has 110 valence electrons. The maximum atomic E-state index is 11.7. The molecule has 1 rings (SSSR count). The van der Waals surface area contributed by atoms with E-state index in [1.165, 1.54) is 6.07 Å². The number of nitro groups is 1. The van der Waals surface area contributed by atoms with Crippen LogP contribution in [-0.4, -0.2) is 38.8 Å². The third kappa shape index (κ3) is 5.43. The summed E-state index contributed by atoms with van der Waals surface area (Å²) in [7, 11) is 0. The van der Waals surface area contributed by atoms with Gasteiger partial charge in [-0.25, -0.2) is 0 Å². The fourth-order valence-electron chi connectivity index (χ4n) is 1.33. The van der Waals surface area contributed by atoms with Crippen molar-refractivity contribution in [1.82, 2.24) is 4.98 Å². The zero-order chi connectivity index (χ0) is 15.3. The SMILES string of the molecule is CC(C)(C)OC(=O)CSCC(=O)c1cc([N+](=O)[O-])c[nH]1. The van der Waals surface area contributed by atoms with E-state index in [4.69, 9.17) is 4.74 Å². The van der Waals surface area contributed by atoms with Gasteiger partial charge in [-0.3, -0.25) is 19.7 Å². The van der Waals surface area contributed by atoms with Crippen LogP contribution in [-0.2, 0) is 9.53 Å². The number of ether oxygens (including phenoxy) is 1. The Bertz CT molecular complexity index is 518. The van der Waals surface area contributed by atoms with E-state index in [1.54, 1.807) is 20.8 Å². The molecule has 20 heavy (non-hydrogen) atoms. The number of H-pyrrole nitrogens is 1. The fourth-order valence-corrected chi connectivity index (χ4v) is 1.99. The van der Waals surface area contributed by atoms with Gasteiger partial charge in [-0.15, -0.1) is 11.8 Å². The minimum Gasteiger partial charge on any atom is -0.459 e. The first-order chi connectivity index (χ1) is 9.19. The lowest BCUT2D eigenvalue weighted by molar-refractivity contribution is -0.384. The molecule has 0 unspecified atom stereocenters. The first-order valence-corrected chi connectivity index (χ1v) is 7.00. The molecular formula is C12H16N2O5S. The Morgan fingerprint density at radius 3 is 2.55 bits per heavy atom. The van der Waals surface area contributed by atoms with Crippen LogP contribution in [0.3, 0.4) is 0 Å². The zero-order valence-corrected chi connectivity index (χ0v) is 12.3. The molecule has 8 heteroatoms. The summed E-state index contributed by atoms with van der Waals surface area (Å²) < 4.78 is 5.09. The van der Waals surface area contributed by atoms with E-state index in [-0.39, 0.29) is 28.7 Å². The van der Waals surface area contributed by atoms with Crippen LogP contribution in [0.5, 0.6) is 0 Å². The molecule has 0 atom stereocenters. The number of esters is 1. The van der Waals surface area contributed by atoms with Gasteiger partial charge in [0.2, 0.25) is 0 Å². The van der Waals surface area contributed by atoms with Gasteiger partial charge in [0, 0.05) is 6.07 Å². The predicted molar refractivity (Wildman–Crippen MR) is 74.9 cm³/mol. The topological polar surface area (TPSA) is 102 Å². The van der Waals surface area contributed by atoms with E-state index in [0.717, 1.165) is 18.0 Å². The molecule has 1 N–H and O–H groups in total. The van der Waals surface area contributed by atoms with E-state index in [0.29, 0.717) is 0 Å². The predicted octanol–water partition coefficient (Wildman–Crippen LogP) is 2.18. The highest BCUT2D eigenvalue weighted by Gasteiger charge is 2.18. The molecule has 1 aromatic heterocycles. The van der Waals surface area contributed by atoms with Gasteiger partial charge >= 0.3 is 5.97 Å². The van der Waals surface area contributed by atoms with Crippen molar-refractivity contribution in [2.24, 2.45) is 0 Å². The third-order valence-corrected chi connectivity index (χ3v) is 2.96. The van der Waals surface area contributed by atoms with Gasteiger partial charge in [-0.2, -0.15) is 0 Å². The Labute approximate surface area is 120 Å². The summed E-state index contributed by atoms with van der Waals surface area (Å²) in [5.74, 6) is -0.581. The number of aromatic amines is 1. The molecule has 0 bridgehead atoms. The quantitative estimate of drug-likeness (QED) is 0.374. The first-order valence-electron chi connectivity index (χ1n) is 5.84. The molecule has 1 heterocycles. The number of nitrogens with zero attached hydrogens (tertiary/aromatic N) is 1. The first kappa shape index (κ1) is 16.2. The fraction of sp³-hybridized carbons (Fsp3) is 0.500. The number of hydrogen-bond acceptors (Lipinski definition) is 6. The van der Waals surface area contributed by atoms with Crippen molar-refractivity contribution in [3.63, 3.8) is 0 Å². The molecule has 0 aromatic carbocycles. The second-order valence-corrected chi connectivity index (χ2v) is 6.02. The largest absolute Gasteiger partial charge is 0.459 e. The van der Waals surface area contributed by atoms with E-state index in [9.17, 15) is 19.7 Å². The van der Waals surface area contributed by atoms with Crippen molar-refractivity contribution in [1.29, 1.82) is 0 Å². The maximum absolute atomic E-state index is 11.7. The van der Waals surface area contributed by atoms with E-state index >= 15 is 0 Å². The Hall–Kier alpha value is -1.83. The van der Waals surface area contributed by atoms with Crippen LogP contribution in [0.4, 0.5) is 5.69 Å². The molecule has 0 aliphatic carbocycles. The van der Waals surface area contributed by atoms with Crippen molar-refractivity contribution in [2.75, 3.05) is 11.5 Å². The van der Waals surface area contributed by atoms with Gasteiger partial charge in [-0.05, 0) is 20.8 Å². The molecule has 0 aliphatic rings. The lowest BCUT2D eigenvalue weighted by atomic mass is 10.2. The molecule has 0 saturated carbocycles. The highest BCUT2D eigenvalue weighted by Crippen LogP contribution is 2.15. The maximum Gasteiger partial charge on any atom is 0.316 e. The number of thioether (sulfide) groups is 1. The summed E-state index contributed by atoms with van der Waals surface area (Å²) in [6.45, 7) is 5.29. The molecule has 0 aliphatic heterocycles. The van der Waals surface area contributed by atoms with Crippen LogP contribution in [0.1, 0.15) is 31.3 Å². The minimum absolute atomic E-state index is 0.0525. The molecule has 0 fully saturated rings. The Morgan fingerprint density at radius 2 is 2.05 bits per heavy atom. The summed E-state index contributed by atoms with van der Waals surface area (Å²) >= 11 is 1.11. The van der Waals surface area contributed by atoms with Gasteiger partial charge < -0.3 is 9.72 Å². The second-order valence-electron chi connectivity index (χ2n) is 5.03. The van der Waals surface area contributed by atoms with Crippen molar-refractivity contribution in [2.45, 2.75) is 26.4 Å². The standard InChI is InChI=1S/C12H16N2O5S/c1-12(2,3)19-11(16)7-20-6-10(15)9-4-8(5-13-9)14(17)18/h4-5,13H,6-7H2,1-3H3. The van der Waals surface area contributed by atoms with Gasteiger partial charge in [0.05, 0.1) is 28.3 Å². The van der Waals surface area contributed by atoms with Gasteiger partial charge in [0.15, 0.2) is 5.78 Å². The molecule has 0 radical (unpaired) electrons. The summed E-state index contributed by atoms with van der Waals surface area (Å²) in [6.07, 6.45) is 1.16. The van der Waals surface area contributed by atoms with Crippen LogP contribution in [0.2, 0.25) is 0 Å². The molecule has 7 nitrogen and oxygen atoms in total. The number of rotatable bonds is 6. The molecule has 0 saturated heterocycles. The Morgan fingerprint density at radius 1 is 1.40 bits per heavy atom. The summed E-state index contributed by atoms with van der Waals surface area (Å²) in [4.78, 5) is 35.6. The lowest BCUT2D eigenvalue weighted by Gasteiger charge is -2.19. The smallest absolute Gasteiger partial charge is 0.316 e. The molecule has 1 aromatic rings. The molecule has 0 amide bonds. The van der Waals surface area contributed by atoms with Gasteiger partial charge in [0.25, 0.3) is 5.69 Å². The number of nitrogens with one attached hydrogen (secondary N) is 1. The second kappa shape index (κ2) is 6.56. The zero-order valence-electron chi connectivity index (χ0n) is 11.5. The highest BCUT2D eigenvalue weighted by atomic mass is 32.2. The van der Waals surface area contributed by atoms with Crippen LogP contribution >= 0.6 is 11.8 Å². The monoisotopic (exact) mass is 300 g/mol. The average molecular weight is 300 g/mol. The molecule has 0 spiro atoms. The van der Waals surface area contributed by atoms with E-state index < -0.39 is 16.5 Å². The van der Waals surface area contributed by atoms with E-state index in [1.807, 2.05) is 0 Å². The Kier molecular flexibility index (Phi) is 5.32. The highest BCUT2D eigenvalue weighted by molar-refractivity contribution is 8.00. The van der Waals surface area contributed by atoms with Crippen LogP contribution in [0.15, 0.2) is 12.3 Å². The number of carbonyl (C=O) groups is 2. The normalized spacial score (nSPS) is 11.2. The van der Waals surface area contributed by atoms with Gasteiger partial charge in [0.1, 0.15) is 5.60 Å². The number of ketones is 1. The summed E-state index contributed by atoms with van der Waals surface area (Å²) in [5.41, 5.74) is -0.555. The number of Topliss-reactive ketones (excluding diaryl/α,β-unsaturated/α-hetero) is 1. The number of hydrogen-bond donors (Lipinski definition) is 1. The minimum atomic E-state index is -0.582.